The fourth-order valence-corrected chi connectivity index (χ4v) is 2.51. The number of carboxylic acid groups (broad SMARTS) is 1. The maximum atomic E-state index is 11.1. The van der Waals surface area contributed by atoms with Crippen molar-refractivity contribution < 1.29 is 9.90 Å². The van der Waals surface area contributed by atoms with Crippen molar-refractivity contribution in [2.75, 3.05) is 13.1 Å². The number of aliphatic carboxylic acids is 1. The topological polar surface area (TPSA) is 52.6 Å². The van der Waals surface area contributed by atoms with Crippen molar-refractivity contribution in [2.45, 2.75) is 58.7 Å². The second-order valence-electron chi connectivity index (χ2n) is 5.45. The second-order valence-corrected chi connectivity index (χ2v) is 5.45. The lowest BCUT2D eigenvalue weighted by Gasteiger charge is -2.36. The Labute approximate surface area is 104 Å². The van der Waals surface area contributed by atoms with Gasteiger partial charge in [0.05, 0.1) is 5.92 Å². The Morgan fingerprint density at radius 1 is 1.41 bits per heavy atom. The lowest BCUT2D eigenvalue weighted by atomic mass is 10.00. The fourth-order valence-electron chi connectivity index (χ4n) is 2.51. The normalized spacial score (nSPS) is 24.2. The van der Waals surface area contributed by atoms with Crippen LogP contribution >= 0.6 is 0 Å². The smallest absolute Gasteiger partial charge is 0.307 e. The van der Waals surface area contributed by atoms with Crippen LogP contribution in [0.15, 0.2) is 0 Å². The van der Waals surface area contributed by atoms with Gasteiger partial charge in [0.15, 0.2) is 0 Å². The number of hydrogen-bond donors (Lipinski definition) is 2. The average Bonchev–Trinajstić information content (AvgIpc) is 2.76. The minimum Gasteiger partial charge on any atom is -0.481 e. The van der Waals surface area contributed by atoms with E-state index in [2.05, 4.69) is 24.1 Å². The summed E-state index contributed by atoms with van der Waals surface area (Å²) < 4.78 is 0. The van der Waals surface area contributed by atoms with E-state index in [9.17, 15) is 4.79 Å². The molecule has 1 fully saturated rings. The number of nitrogens with one attached hydrogen (secondary N) is 1. The van der Waals surface area contributed by atoms with Crippen LogP contribution < -0.4 is 5.32 Å². The summed E-state index contributed by atoms with van der Waals surface area (Å²) in [5, 5.41) is 12.6. The van der Waals surface area contributed by atoms with E-state index in [0.717, 1.165) is 13.1 Å². The molecule has 0 radical (unpaired) electrons. The first kappa shape index (κ1) is 14.5. The van der Waals surface area contributed by atoms with E-state index in [1.807, 2.05) is 6.92 Å². The standard InChI is InChI=1S/C13H26N2O2/c1-9(2)15(8-12-6-5-7-14-12)11(4)10(3)13(16)17/h9-12,14H,5-8H2,1-4H3,(H,16,17). The molecular formula is C13H26N2O2. The molecule has 0 amide bonds. The summed E-state index contributed by atoms with van der Waals surface area (Å²) in [5.41, 5.74) is 0. The molecule has 0 aromatic carbocycles. The van der Waals surface area contributed by atoms with Gasteiger partial charge in [-0.05, 0) is 40.2 Å². The van der Waals surface area contributed by atoms with E-state index < -0.39 is 5.97 Å². The Kier molecular flexibility index (Phi) is 5.40. The van der Waals surface area contributed by atoms with Gasteiger partial charge in [-0.1, -0.05) is 6.92 Å². The van der Waals surface area contributed by atoms with Crippen LogP contribution in [0.4, 0.5) is 0 Å². The van der Waals surface area contributed by atoms with Gasteiger partial charge in [-0.2, -0.15) is 0 Å². The van der Waals surface area contributed by atoms with Crippen molar-refractivity contribution in [3.63, 3.8) is 0 Å². The number of hydrogen-bond acceptors (Lipinski definition) is 3. The van der Waals surface area contributed by atoms with Gasteiger partial charge >= 0.3 is 5.97 Å². The van der Waals surface area contributed by atoms with Crippen molar-refractivity contribution in [2.24, 2.45) is 5.92 Å². The molecule has 1 rings (SSSR count). The summed E-state index contributed by atoms with van der Waals surface area (Å²) in [5.74, 6) is -1.03. The molecular weight excluding hydrogens is 216 g/mol. The summed E-state index contributed by atoms with van der Waals surface area (Å²) in [6, 6.07) is 0.991. The largest absolute Gasteiger partial charge is 0.481 e. The number of carbonyl (C=O) groups is 1. The van der Waals surface area contributed by atoms with Crippen LogP contribution in [0, 0.1) is 5.92 Å². The van der Waals surface area contributed by atoms with Crippen LogP contribution in [0.3, 0.4) is 0 Å². The minimum absolute atomic E-state index is 0.0786. The Balaban J connectivity index is 2.60. The SMILES string of the molecule is CC(C(=O)O)C(C)N(CC1CCCN1)C(C)C. The van der Waals surface area contributed by atoms with Crippen LogP contribution in [0.1, 0.15) is 40.5 Å². The number of rotatable bonds is 6. The molecule has 3 unspecified atom stereocenters. The predicted molar refractivity (Wildman–Crippen MR) is 69.1 cm³/mol. The van der Waals surface area contributed by atoms with Crippen LogP contribution in [0.25, 0.3) is 0 Å². The lowest BCUT2D eigenvalue weighted by molar-refractivity contribution is -0.143. The Bertz CT molecular complexity index is 250. The van der Waals surface area contributed by atoms with E-state index in [-0.39, 0.29) is 12.0 Å². The third kappa shape index (κ3) is 3.96. The molecule has 0 spiro atoms. The van der Waals surface area contributed by atoms with E-state index in [1.54, 1.807) is 6.92 Å². The minimum atomic E-state index is -0.706. The van der Waals surface area contributed by atoms with Gasteiger partial charge in [0.2, 0.25) is 0 Å². The van der Waals surface area contributed by atoms with Crippen LogP contribution in [0.5, 0.6) is 0 Å². The van der Waals surface area contributed by atoms with Crippen LogP contribution in [-0.4, -0.2) is 47.2 Å². The monoisotopic (exact) mass is 242 g/mol. The molecule has 1 heterocycles. The van der Waals surface area contributed by atoms with E-state index in [0.29, 0.717) is 12.1 Å². The highest BCUT2D eigenvalue weighted by Crippen LogP contribution is 2.17. The molecule has 4 heteroatoms. The third-order valence-corrected chi connectivity index (χ3v) is 3.89. The molecule has 0 bridgehead atoms. The van der Waals surface area contributed by atoms with Gasteiger partial charge in [0, 0.05) is 24.7 Å². The molecule has 1 saturated heterocycles. The lowest BCUT2D eigenvalue weighted by Crippen LogP contribution is -2.49. The molecule has 100 valence electrons. The molecule has 4 nitrogen and oxygen atoms in total. The summed E-state index contributed by atoms with van der Waals surface area (Å²) in [4.78, 5) is 13.4. The third-order valence-electron chi connectivity index (χ3n) is 3.89. The first-order valence-corrected chi connectivity index (χ1v) is 6.65. The zero-order valence-electron chi connectivity index (χ0n) is 11.4. The number of carboxylic acids is 1. The van der Waals surface area contributed by atoms with Gasteiger partial charge < -0.3 is 10.4 Å². The molecule has 0 aliphatic carbocycles. The van der Waals surface area contributed by atoms with Crippen molar-refractivity contribution in [3.8, 4) is 0 Å². The highest BCUT2D eigenvalue weighted by Gasteiger charge is 2.29. The van der Waals surface area contributed by atoms with Gasteiger partial charge in [-0.3, -0.25) is 9.69 Å². The summed E-state index contributed by atoms with van der Waals surface area (Å²) in [6.07, 6.45) is 2.44. The van der Waals surface area contributed by atoms with Gasteiger partial charge in [-0.25, -0.2) is 0 Å². The van der Waals surface area contributed by atoms with Crippen molar-refractivity contribution in [3.05, 3.63) is 0 Å². The molecule has 1 aliphatic heterocycles. The zero-order valence-corrected chi connectivity index (χ0v) is 11.4. The predicted octanol–water partition coefficient (Wildman–Crippen LogP) is 1.56. The molecule has 17 heavy (non-hydrogen) atoms. The molecule has 0 saturated carbocycles. The Hall–Kier alpha value is -0.610. The fraction of sp³-hybridized carbons (Fsp3) is 0.923. The van der Waals surface area contributed by atoms with Crippen molar-refractivity contribution in [1.82, 2.24) is 10.2 Å². The van der Waals surface area contributed by atoms with Gasteiger partial charge in [-0.15, -0.1) is 0 Å². The molecule has 1 aliphatic rings. The summed E-state index contributed by atoms with van der Waals surface area (Å²) in [6.45, 7) is 10.1. The quantitative estimate of drug-likeness (QED) is 0.742. The molecule has 0 aromatic heterocycles. The van der Waals surface area contributed by atoms with E-state index in [4.69, 9.17) is 5.11 Å². The first-order chi connectivity index (χ1) is 7.93. The molecule has 2 N–H and O–H groups in total. The highest BCUT2D eigenvalue weighted by atomic mass is 16.4. The van der Waals surface area contributed by atoms with Crippen LogP contribution in [-0.2, 0) is 4.79 Å². The van der Waals surface area contributed by atoms with E-state index in [1.165, 1.54) is 12.8 Å². The molecule has 0 aromatic rings. The van der Waals surface area contributed by atoms with Crippen molar-refractivity contribution in [1.29, 1.82) is 0 Å². The average molecular weight is 242 g/mol. The maximum Gasteiger partial charge on any atom is 0.307 e. The highest BCUT2D eigenvalue weighted by molar-refractivity contribution is 5.70. The Morgan fingerprint density at radius 2 is 2.06 bits per heavy atom. The maximum absolute atomic E-state index is 11.1. The number of nitrogens with zero attached hydrogens (tertiary/aromatic N) is 1. The second kappa shape index (κ2) is 6.36. The summed E-state index contributed by atoms with van der Waals surface area (Å²) >= 11 is 0. The first-order valence-electron chi connectivity index (χ1n) is 6.65. The van der Waals surface area contributed by atoms with Crippen LogP contribution in [0.2, 0.25) is 0 Å². The zero-order chi connectivity index (χ0) is 13.0. The van der Waals surface area contributed by atoms with Gasteiger partial charge in [0.1, 0.15) is 0 Å². The molecule has 3 atom stereocenters. The van der Waals surface area contributed by atoms with Gasteiger partial charge in [0.25, 0.3) is 0 Å². The summed E-state index contributed by atoms with van der Waals surface area (Å²) in [7, 11) is 0. The van der Waals surface area contributed by atoms with Crippen molar-refractivity contribution >= 4 is 5.97 Å². The van der Waals surface area contributed by atoms with E-state index >= 15 is 0 Å². The Morgan fingerprint density at radius 3 is 2.47 bits per heavy atom.